The molecule has 3 rings (SSSR count). The van der Waals surface area contributed by atoms with E-state index < -0.39 is 5.60 Å². The van der Waals surface area contributed by atoms with Crippen LogP contribution in [0.2, 0.25) is 0 Å². The van der Waals surface area contributed by atoms with Gasteiger partial charge in [0.15, 0.2) is 0 Å². The van der Waals surface area contributed by atoms with Gasteiger partial charge in [-0.25, -0.2) is 4.79 Å². The predicted molar refractivity (Wildman–Crippen MR) is 80.3 cm³/mol. The summed E-state index contributed by atoms with van der Waals surface area (Å²) in [6.07, 6.45) is -0.151. The van der Waals surface area contributed by atoms with Crippen LogP contribution in [0.25, 0.3) is 0 Å². The maximum Gasteiger partial charge on any atom is 0.410 e. The average molecular weight is 289 g/mol. The van der Waals surface area contributed by atoms with Crippen molar-refractivity contribution in [1.82, 2.24) is 4.90 Å². The number of fused-ring (bicyclic) bond motifs is 3. The highest BCUT2D eigenvalue weighted by Crippen LogP contribution is 2.37. The third kappa shape index (κ3) is 2.91. The number of likely N-dealkylation sites (tertiary alicyclic amines) is 1. The number of benzene rings is 1. The van der Waals surface area contributed by atoms with E-state index in [1.54, 1.807) is 4.90 Å². The number of hydrogen-bond acceptors (Lipinski definition) is 3. The lowest BCUT2D eigenvalue weighted by Crippen LogP contribution is -2.36. The molecule has 0 aromatic heterocycles. The summed E-state index contributed by atoms with van der Waals surface area (Å²) in [6.45, 7) is 9.71. The predicted octanol–water partition coefficient (Wildman–Crippen LogP) is 3.23. The highest BCUT2D eigenvalue weighted by Gasteiger charge is 2.41. The van der Waals surface area contributed by atoms with Crippen LogP contribution in [0.4, 0.5) is 4.79 Å². The van der Waals surface area contributed by atoms with Gasteiger partial charge >= 0.3 is 6.09 Å². The third-order valence-electron chi connectivity index (χ3n) is 4.07. The number of hydrogen-bond donors (Lipinski definition) is 0. The first-order chi connectivity index (χ1) is 9.83. The van der Waals surface area contributed by atoms with Gasteiger partial charge < -0.3 is 14.4 Å². The molecule has 2 aliphatic rings. The number of aryl methyl sites for hydroxylation is 1. The minimum atomic E-state index is -0.458. The zero-order chi connectivity index (χ0) is 15.2. The molecule has 0 N–H and O–H groups in total. The molecule has 2 unspecified atom stereocenters. The number of nitrogens with zero attached hydrogens (tertiary/aromatic N) is 1. The van der Waals surface area contributed by atoms with Gasteiger partial charge in [-0.15, -0.1) is 0 Å². The standard InChI is InChI=1S/C17H23NO3/c1-11-5-6-12-10-20-15-9-18(8-14(15)13(12)7-11)16(19)21-17(2,3)4/h5-7,14-15H,8-10H2,1-4H3. The SMILES string of the molecule is Cc1ccc2c(c1)C1CN(C(=O)OC(C)(C)C)CC1OC2. The van der Waals surface area contributed by atoms with E-state index in [4.69, 9.17) is 9.47 Å². The van der Waals surface area contributed by atoms with Gasteiger partial charge in [0.25, 0.3) is 0 Å². The summed E-state index contributed by atoms with van der Waals surface area (Å²) in [4.78, 5) is 14.0. The molecule has 1 amide bonds. The minimum absolute atomic E-state index is 0.0896. The summed E-state index contributed by atoms with van der Waals surface area (Å²) >= 11 is 0. The summed E-state index contributed by atoms with van der Waals surface area (Å²) in [7, 11) is 0. The molecule has 0 spiro atoms. The molecular weight excluding hydrogens is 266 g/mol. The van der Waals surface area contributed by atoms with Crippen molar-refractivity contribution in [2.45, 2.75) is 51.9 Å². The van der Waals surface area contributed by atoms with Crippen LogP contribution in [0.5, 0.6) is 0 Å². The van der Waals surface area contributed by atoms with Crippen LogP contribution in [0.15, 0.2) is 18.2 Å². The van der Waals surface area contributed by atoms with Crippen LogP contribution >= 0.6 is 0 Å². The molecule has 2 aliphatic heterocycles. The molecule has 0 aliphatic carbocycles. The lowest BCUT2D eigenvalue weighted by Gasteiger charge is -2.27. The fraction of sp³-hybridized carbons (Fsp3) is 0.588. The Labute approximate surface area is 126 Å². The number of ether oxygens (including phenoxy) is 2. The molecule has 1 fully saturated rings. The first-order valence-electron chi connectivity index (χ1n) is 7.52. The van der Waals surface area contributed by atoms with Gasteiger partial charge in [0.05, 0.1) is 19.3 Å². The molecule has 21 heavy (non-hydrogen) atoms. The van der Waals surface area contributed by atoms with E-state index in [9.17, 15) is 4.79 Å². The second kappa shape index (κ2) is 5.02. The van der Waals surface area contributed by atoms with Crippen LogP contribution in [0.3, 0.4) is 0 Å². The molecule has 1 aromatic rings. The molecule has 2 atom stereocenters. The van der Waals surface area contributed by atoms with Crippen molar-refractivity contribution in [3.8, 4) is 0 Å². The first-order valence-corrected chi connectivity index (χ1v) is 7.52. The van der Waals surface area contributed by atoms with Crippen LogP contribution in [-0.2, 0) is 16.1 Å². The average Bonchev–Trinajstić information content (AvgIpc) is 2.81. The Morgan fingerprint density at radius 1 is 1.33 bits per heavy atom. The summed E-state index contributed by atoms with van der Waals surface area (Å²) in [5, 5.41) is 0. The Hall–Kier alpha value is -1.55. The zero-order valence-corrected chi connectivity index (χ0v) is 13.2. The third-order valence-corrected chi connectivity index (χ3v) is 4.07. The van der Waals surface area contributed by atoms with E-state index >= 15 is 0 Å². The van der Waals surface area contributed by atoms with E-state index in [-0.39, 0.29) is 18.1 Å². The number of carbonyl (C=O) groups is 1. The van der Waals surface area contributed by atoms with Gasteiger partial charge in [0, 0.05) is 12.5 Å². The van der Waals surface area contributed by atoms with Gasteiger partial charge in [0.2, 0.25) is 0 Å². The zero-order valence-electron chi connectivity index (χ0n) is 13.2. The smallest absolute Gasteiger partial charge is 0.410 e. The number of amides is 1. The molecular formula is C17H23NO3. The minimum Gasteiger partial charge on any atom is -0.444 e. The fourth-order valence-electron chi connectivity index (χ4n) is 3.10. The largest absolute Gasteiger partial charge is 0.444 e. The van der Waals surface area contributed by atoms with Gasteiger partial charge in [0.1, 0.15) is 5.60 Å². The van der Waals surface area contributed by atoms with Crippen molar-refractivity contribution < 1.29 is 14.3 Å². The highest BCUT2D eigenvalue weighted by molar-refractivity contribution is 5.69. The Bertz CT molecular complexity index is 562. The van der Waals surface area contributed by atoms with Crippen molar-refractivity contribution in [3.05, 3.63) is 34.9 Å². The van der Waals surface area contributed by atoms with E-state index in [1.807, 2.05) is 20.8 Å². The molecule has 0 saturated carbocycles. The van der Waals surface area contributed by atoms with Gasteiger partial charge in [-0.1, -0.05) is 23.8 Å². The normalized spacial score (nSPS) is 24.5. The second-order valence-corrected chi connectivity index (χ2v) is 7.04. The van der Waals surface area contributed by atoms with Crippen LogP contribution < -0.4 is 0 Å². The van der Waals surface area contributed by atoms with Gasteiger partial charge in [-0.3, -0.25) is 0 Å². The van der Waals surface area contributed by atoms with Gasteiger partial charge in [-0.05, 0) is 38.8 Å². The van der Waals surface area contributed by atoms with Crippen LogP contribution in [0.1, 0.15) is 43.4 Å². The molecule has 4 heteroatoms. The molecule has 1 saturated heterocycles. The summed E-state index contributed by atoms with van der Waals surface area (Å²) < 4.78 is 11.4. The lowest BCUT2D eigenvalue weighted by atomic mass is 9.88. The van der Waals surface area contributed by atoms with E-state index in [2.05, 4.69) is 25.1 Å². The van der Waals surface area contributed by atoms with Crippen molar-refractivity contribution in [3.63, 3.8) is 0 Å². The molecule has 0 bridgehead atoms. The maximum absolute atomic E-state index is 12.2. The quantitative estimate of drug-likeness (QED) is 0.736. The highest BCUT2D eigenvalue weighted by atomic mass is 16.6. The topological polar surface area (TPSA) is 38.8 Å². The van der Waals surface area contributed by atoms with Gasteiger partial charge in [-0.2, -0.15) is 0 Å². The summed E-state index contributed by atoms with van der Waals surface area (Å²) in [5.74, 6) is 0.265. The summed E-state index contributed by atoms with van der Waals surface area (Å²) in [5.41, 5.74) is 3.37. The second-order valence-electron chi connectivity index (χ2n) is 7.04. The number of carbonyl (C=O) groups excluding carboxylic acids is 1. The van der Waals surface area contributed by atoms with Crippen molar-refractivity contribution in [2.75, 3.05) is 13.1 Å². The molecule has 0 radical (unpaired) electrons. The van der Waals surface area contributed by atoms with Crippen molar-refractivity contribution >= 4 is 6.09 Å². The van der Waals surface area contributed by atoms with E-state index in [0.717, 1.165) is 0 Å². The number of rotatable bonds is 0. The maximum atomic E-state index is 12.2. The molecule has 1 aromatic carbocycles. The Balaban J connectivity index is 1.78. The molecule has 2 heterocycles. The van der Waals surface area contributed by atoms with E-state index in [1.165, 1.54) is 16.7 Å². The Morgan fingerprint density at radius 3 is 2.81 bits per heavy atom. The first kappa shape index (κ1) is 14.4. The lowest BCUT2D eigenvalue weighted by molar-refractivity contribution is 0.0127. The Kier molecular flexibility index (Phi) is 3.44. The summed E-state index contributed by atoms with van der Waals surface area (Å²) in [6, 6.07) is 6.48. The van der Waals surface area contributed by atoms with Crippen molar-refractivity contribution in [2.24, 2.45) is 0 Å². The van der Waals surface area contributed by atoms with Crippen molar-refractivity contribution in [1.29, 1.82) is 0 Å². The molecule has 114 valence electrons. The fourth-order valence-corrected chi connectivity index (χ4v) is 3.10. The molecule has 4 nitrogen and oxygen atoms in total. The Morgan fingerprint density at radius 2 is 2.10 bits per heavy atom. The van der Waals surface area contributed by atoms with Crippen LogP contribution in [-0.4, -0.2) is 35.8 Å². The van der Waals surface area contributed by atoms with E-state index in [0.29, 0.717) is 19.7 Å². The van der Waals surface area contributed by atoms with Crippen LogP contribution in [0, 0.1) is 6.92 Å². The monoisotopic (exact) mass is 289 g/mol.